The first-order valence-corrected chi connectivity index (χ1v) is 2.17. The van der Waals surface area contributed by atoms with Gasteiger partial charge in [0.15, 0.2) is 0 Å². The van der Waals surface area contributed by atoms with E-state index in [1.54, 1.807) is 6.21 Å². The topological polar surface area (TPSA) is 38.4 Å². The Bertz CT molecular complexity index is 92.3. The SMILES string of the molecule is C/C=C(C)\C=N/N. The summed E-state index contributed by atoms with van der Waals surface area (Å²) in [7, 11) is 0. The van der Waals surface area contributed by atoms with Gasteiger partial charge in [-0.1, -0.05) is 6.08 Å². The molecule has 0 spiro atoms. The monoisotopic (exact) mass is 98.1 g/mol. The summed E-state index contributed by atoms with van der Waals surface area (Å²) >= 11 is 0. The second-order valence-electron chi connectivity index (χ2n) is 1.31. The lowest BCUT2D eigenvalue weighted by Gasteiger charge is -1.80. The molecule has 40 valence electrons. The summed E-state index contributed by atoms with van der Waals surface area (Å²) in [6.45, 7) is 3.88. The molecule has 0 aliphatic rings. The van der Waals surface area contributed by atoms with E-state index in [1.165, 1.54) is 0 Å². The van der Waals surface area contributed by atoms with Crippen molar-refractivity contribution in [2.75, 3.05) is 0 Å². The van der Waals surface area contributed by atoms with E-state index in [4.69, 9.17) is 5.84 Å². The Labute approximate surface area is 43.7 Å². The number of hydrogen-bond donors (Lipinski definition) is 1. The maximum Gasteiger partial charge on any atom is 0.0491 e. The highest BCUT2D eigenvalue weighted by atomic mass is 15.1. The molecule has 0 aromatic heterocycles. The smallest absolute Gasteiger partial charge is 0.0491 e. The molecule has 0 saturated carbocycles. The van der Waals surface area contributed by atoms with Crippen molar-refractivity contribution in [1.82, 2.24) is 0 Å². The van der Waals surface area contributed by atoms with E-state index in [9.17, 15) is 0 Å². The maximum atomic E-state index is 4.83. The van der Waals surface area contributed by atoms with Crippen LogP contribution in [0.1, 0.15) is 13.8 Å². The van der Waals surface area contributed by atoms with Crippen molar-refractivity contribution < 1.29 is 0 Å². The third kappa shape index (κ3) is 3.03. The van der Waals surface area contributed by atoms with E-state index in [-0.39, 0.29) is 0 Å². The minimum absolute atomic E-state index is 1.09. The molecule has 0 fully saturated rings. The van der Waals surface area contributed by atoms with Crippen molar-refractivity contribution >= 4 is 6.21 Å². The molecule has 0 aromatic carbocycles. The number of hydrazone groups is 1. The van der Waals surface area contributed by atoms with Gasteiger partial charge in [0.1, 0.15) is 0 Å². The predicted octanol–water partition coefficient (Wildman–Crippen LogP) is 0.897. The normalized spacial score (nSPS) is 13.1. The Morgan fingerprint density at radius 2 is 2.29 bits per heavy atom. The van der Waals surface area contributed by atoms with Crippen LogP contribution in [0.25, 0.3) is 0 Å². The lowest BCUT2D eigenvalue weighted by molar-refractivity contribution is 1.26. The van der Waals surface area contributed by atoms with Crippen molar-refractivity contribution in [3.63, 3.8) is 0 Å². The molecular weight excluding hydrogens is 88.1 g/mol. The van der Waals surface area contributed by atoms with E-state index in [2.05, 4.69) is 5.10 Å². The molecule has 0 aromatic rings. The van der Waals surface area contributed by atoms with Crippen LogP contribution in [-0.2, 0) is 0 Å². The minimum atomic E-state index is 1.09. The molecule has 0 saturated heterocycles. The largest absolute Gasteiger partial charge is 0.323 e. The molecule has 0 unspecified atom stereocenters. The Morgan fingerprint density at radius 1 is 1.71 bits per heavy atom. The first-order valence-electron chi connectivity index (χ1n) is 2.17. The van der Waals surface area contributed by atoms with Gasteiger partial charge in [0.2, 0.25) is 0 Å². The van der Waals surface area contributed by atoms with E-state index in [1.807, 2.05) is 19.9 Å². The van der Waals surface area contributed by atoms with E-state index < -0.39 is 0 Å². The molecule has 2 N–H and O–H groups in total. The van der Waals surface area contributed by atoms with Crippen LogP contribution in [-0.4, -0.2) is 6.21 Å². The summed E-state index contributed by atoms with van der Waals surface area (Å²) in [6.07, 6.45) is 3.55. The highest BCUT2D eigenvalue weighted by Gasteiger charge is 1.71. The molecule has 0 amide bonds. The van der Waals surface area contributed by atoms with Gasteiger partial charge in [0.25, 0.3) is 0 Å². The summed E-state index contributed by atoms with van der Waals surface area (Å²) in [5.41, 5.74) is 1.09. The first-order chi connectivity index (χ1) is 3.31. The number of nitrogens with zero attached hydrogens (tertiary/aromatic N) is 1. The fraction of sp³-hybridized carbons (Fsp3) is 0.400. The second-order valence-corrected chi connectivity index (χ2v) is 1.31. The quantitative estimate of drug-likeness (QED) is 0.295. The van der Waals surface area contributed by atoms with Crippen molar-refractivity contribution in [2.24, 2.45) is 10.9 Å². The molecule has 7 heavy (non-hydrogen) atoms. The third-order valence-corrected chi connectivity index (χ3v) is 0.734. The zero-order chi connectivity index (χ0) is 5.70. The van der Waals surface area contributed by atoms with Crippen LogP contribution in [0.2, 0.25) is 0 Å². The van der Waals surface area contributed by atoms with Crippen LogP contribution in [0.4, 0.5) is 0 Å². The van der Waals surface area contributed by atoms with Gasteiger partial charge in [-0.05, 0) is 19.4 Å². The third-order valence-electron chi connectivity index (χ3n) is 0.734. The van der Waals surface area contributed by atoms with Crippen LogP contribution in [0.15, 0.2) is 16.8 Å². The fourth-order valence-corrected chi connectivity index (χ4v) is 0.192. The van der Waals surface area contributed by atoms with E-state index in [0.717, 1.165) is 5.57 Å². The van der Waals surface area contributed by atoms with Gasteiger partial charge in [0.05, 0.1) is 0 Å². The maximum absolute atomic E-state index is 4.83. The van der Waals surface area contributed by atoms with Crippen molar-refractivity contribution in [2.45, 2.75) is 13.8 Å². The number of hydrogen-bond acceptors (Lipinski definition) is 2. The molecule has 0 rings (SSSR count). The molecule has 2 heteroatoms. The van der Waals surface area contributed by atoms with Gasteiger partial charge in [0, 0.05) is 6.21 Å². The van der Waals surface area contributed by atoms with Crippen LogP contribution in [0, 0.1) is 0 Å². The molecule has 0 radical (unpaired) electrons. The average Bonchev–Trinajstić information content (AvgIpc) is 1.68. The van der Waals surface area contributed by atoms with Crippen molar-refractivity contribution in [1.29, 1.82) is 0 Å². The number of nitrogens with two attached hydrogens (primary N) is 1. The minimum Gasteiger partial charge on any atom is -0.323 e. The van der Waals surface area contributed by atoms with E-state index in [0.29, 0.717) is 0 Å². The number of rotatable bonds is 1. The molecule has 0 atom stereocenters. The number of allylic oxidation sites excluding steroid dienone is 2. The van der Waals surface area contributed by atoms with Crippen LogP contribution < -0.4 is 5.84 Å². The summed E-state index contributed by atoms with van der Waals surface area (Å²) in [5.74, 6) is 4.83. The van der Waals surface area contributed by atoms with Gasteiger partial charge in [-0.25, -0.2) is 0 Å². The Hall–Kier alpha value is -0.790. The first kappa shape index (κ1) is 6.21. The molecule has 0 aliphatic heterocycles. The zero-order valence-electron chi connectivity index (χ0n) is 4.68. The molecule has 0 aliphatic carbocycles. The molecular formula is C5H10N2. The highest BCUT2D eigenvalue weighted by Crippen LogP contribution is 1.82. The Balaban J connectivity index is 3.58. The van der Waals surface area contributed by atoms with Gasteiger partial charge >= 0.3 is 0 Å². The second kappa shape index (κ2) is 3.40. The van der Waals surface area contributed by atoms with E-state index >= 15 is 0 Å². The van der Waals surface area contributed by atoms with Crippen molar-refractivity contribution in [3.8, 4) is 0 Å². The standard InChI is InChI=1S/C5H10N2/c1-3-5(2)4-7-6/h3-4H,6H2,1-2H3/b5-3-,7-4-. The lowest BCUT2D eigenvalue weighted by atomic mass is 10.3. The molecule has 0 bridgehead atoms. The zero-order valence-corrected chi connectivity index (χ0v) is 4.68. The summed E-state index contributed by atoms with van der Waals surface area (Å²) in [6, 6.07) is 0. The molecule has 0 heterocycles. The van der Waals surface area contributed by atoms with Crippen LogP contribution in [0.5, 0.6) is 0 Å². The Morgan fingerprint density at radius 3 is 2.43 bits per heavy atom. The van der Waals surface area contributed by atoms with Gasteiger partial charge in [-0.2, -0.15) is 5.10 Å². The van der Waals surface area contributed by atoms with Crippen LogP contribution in [0.3, 0.4) is 0 Å². The van der Waals surface area contributed by atoms with Crippen molar-refractivity contribution in [3.05, 3.63) is 11.6 Å². The Kier molecular flexibility index (Phi) is 3.02. The van der Waals surface area contributed by atoms with Gasteiger partial charge in [-0.15, -0.1) is 0 Å². The predicted molar refractivity (Wildman–Crippen MR) is 32.1 cm³/mol. The lowest BCUT2D eigenvalue weighted by Crippen LogP contribution is -1.82. The van der Waals surface area contributed by atoms with Gasteiger partial charge < -0.3 is 5.84 Å². The fourth-order valence-electron chi connectivity index (χ4n) is 0.192. The average molecular weight is 98.1 g/mol. The summed E-state index contributed by atoms with van der Waals surface area (Å²) in [5, 5.41) is 3.31. The van der Waals surface area contributed by atoms with Gasteiger partial charge in [-0.3, -0.25) is 0 Å². The molecule has 2 nitrogen and oxygen atoms in total. The summed E-state index contributed by atoms with van der Waals surface area (Å²) < 4.78 is 0. The highest BCUT2D eigenvalue weighted by molar-refractivity contribution is 5.76. The summed E-state index contributed by atoms with van der Waals surface area (Å²) in [4.78, 5) is 0. The van der Waals surface area contributed by atoms with Crippen LogP contribution >= 0.6 is 0 Å².